The second-order valence-corrected chi connectivity index (χ2v) is 2.90. The summed E-state index contributed by atoms with van der Waals surface area (Å²) >= 11 is 0. The van der Waals surface area contributed by atoms with Crippen molar-refractivity contribution in [2.75, 3.05) is 6.54 Å². The van der Waals surface area contributed by atoms with Crippen molar-refractivity contribution in [2.24, 2.45) is 5.11 Å². The standard InChI is InChI=1S/C6H10FN3O4/c7-2(1-9-10-8)5-3(11)4(12)6(13)14-5/h2-6,11-13H,1H2/t2-,3+,4+,5+,6-/m0/s1. The Kier molecular flexibility index (Phi) is 3.62. The largest absolute Gasteiger partial charge is 0.387 e. The van der Waals surface area contributed by atoms with Crippen molar-refractivity contribution in [3.63, 3.8) is 0 Å². The predicted molar refractivity (Wildman–Crippen MR) is 41.8 cm³/mol. The van der Waals surface area contributed by atoms with Gasteiger partial charge in [0.2, 0.25) is 0 Å². The number of ether oxygens (including phenoxy) is 1. The fourth-order valence-electron chi connectivity index (χ4n) is 1.20. The molecule has 0 spiro atoms. The highest BCUT2D eigenvalue weighted by Gasteiger charge is 2.45. The molecule has 5 atom stereocenters. The zero-order valence-electron chi connectivity index (χ0n) is 7.06. The molecule has 0 aromatic heterocycles. The maximum atomic E-state index is 13.1. The molecule has 0 unspecified atom stereocenters. The summed E-state index contributed by atoms with van der Waals surface area (Å²) in [5.74, 6) is 0. The summed E-state index contributed by atoms with van der Waals surface area (Å²) in [7, 11) is 0. The molecule has 0 aromatic rings. The monoisotopic (exact) mass is 207 g/mol. The van der Waals surface area contributed by atoms with Crippen LogP contribution in [0.1, 0.15) is 0 Å². The molecule has 80 valence electrons. The van der Waals surface area contributed by atoms with Crippen molar-refractivity contribution < 1.29 is 24.4 Å². The van der Waals surface area contributed by atoms with Gasteiger partial charge in [0.05, 0.1) is 6.54 Å². The van der Waals surface area contributed by atoms with Crippen LogP contribution < -0.4 is 0 Å². The van der Waals surface area contributed by atoms with Crippen LogP contribution >= 0.6 is 0 Å². The molecule has 3 N–H and O–H groups in total. The maximum absolute atomic E-state index is 13.1. The number of halogens is 1. The number of aliphatic hydroxyl groups excluding tert-OH is 3. The number of nitrogens with zero attached hydrogens (tertiary/aromatic N) is 3. The van der Waals surface area contributed by atoms with Crippen LogP contribution in [-0.4, -0.2) is 52.6 Å². The molecule has 1 rings (SSSR count). The van der Waals surface area contributed by atoms with Crippen LogP contribution in [0.5, 0.6) is 0 Å². The molecular formula is C6H10FN3O4. The third kappa shape index (κ3) is 2.11. The van der Waals surface area contributed by atoms with Gasteiger partial charge in [0.15, 0.2) is 6.29 Å². The second-order valence-electron chi connectivity index (χ2n) is 2.90. The molecule has 1 aliphatic heterocycles. The van der Waals surface area contributed by atoms with Gasteiger partial charge in [-0.25, -0.2) is 4.39 Å². The quantitative estimate of drug-likeness (QED) is 0.314. The van der Waals surface area contributed by atoms with Gasteiger partial charge < -0.3 is 20.1 Å². The summed E-state index contributed by atoms with van der Waals surface area (Å²) in [6.07, 6.45) is -7.80. The smallest absolute Gasteiger partial charge is 0.184 e. The molecule has 0 amide bonds. The molecule has 14 heavy (non-hydrogen) atoms. The minimum atomic E-state index is -1.76. The summed E-state index contributed by atoms with van der Waals surface area (Å²) in [5, 5.41) is 30.1. The van der Waals surface area contributed by atoms with Gasteiger partial charge in [-0.15, -0.1) is 0 Å². The maximum Gasteiger partial charge on any atom is 0.184 e. The zero-order chi connectivity index (χ0) is 10.7. The van der Waals surface area contributed by atoms with Gasteiger partial charge in [-0.3, -0.25) is 0 Å². The molecule has 0 aromatic carbocycles. The lowest BCUT2D eigenvalue weighted by Gasteiger charge is -2.16. The summed E-state index contributed by atoms with van der Waals surface area (Å²) in [6.45, 7) is -0.516. The predicted octanol–water partition coefficient (Wildman–Crippen LogP) is -0.926. The molecule has 8 heteroatoms. The highest BCUT2D eigenvalue weighted by molar-refractivity contribution is 4.90. The number of rotatable bonds is 3. The molecule has 1 heterocycles. The fraction of sp³-hybridized carbons (Fsp3) is 1.00. The van der Waals surface area contributed by atoms with Crippen LogP contribution in [0.2, 0.25) is 0 Å². The van der Waals surface area contributed by atoms with Crippen molar-refractivity contribution in [2.45, 2.75) is 30.8 Å². The Morgan fingerprint density at radius 1 is 1.43 bits per heavy atom. The Labute approximate surface area is 78.4 Å². The lowest BCUT2D eigenvalue weighted by atomic mass is 10.1. The van der Waals surface area contributed by atoms with Crippen molar-refractivity contribution in [1.82, 2.24) is 0 Å². The lowest BCUT2D eigenvalue weighted by molar-refractivity contribution is -0.136. The molecule has 1 aliphatic rings. The first kappa shape index (κ1) is 11.2. The van der Waals surface area contributed by atoms with Crippen molar-refractivity contribution in [3.05, 3.63) is 10.4 Å². The Hall–Kier alpha value is -0.920. The third-order valence-electron chi connectivity index (χ3n) is 1.95. The highest BCUT2D eigenvalue weighted by atomic mass is 19.1. The van der Waals surface area contributed by atoms with E-state index in [1.807, 2.05) is 0 Å². The van der Waals surface area contributed by atoms with E-state index in [1.165, 1.54) is 0 Å². The van der Waals surface area contributed by atoms with Gasteiger partial charge in [-0.05, 0) is 5.53 Å². The van der Waals surface area contributed by atoms with Crippen LogP contribution in [0.15, 0.2) is 5.11 Å². The molecule has 7 nitrogen and oxygen atoms in total. The van der Waals surface area contributed by atoms with E-state index < -0.39 is 37.3 Å². The van der Waals surface area contributed by atoms with Gasteiger partial charge in [-0.1, -0.05) is 5.11 Å². The molecular weight excluding hydrogens is 197 g/mol. The first-order valence-electron chi connectivity index (χ1n) is 3.92. The Balaban J connectivity index is 2.56. The third-order valence-corrected chi connectivity index (χ3v) is 1.95. The molecule has 0 radical (unpaired) electrons. The van der Waals surface area contributed by atoms with Gasteiger partial charge in [0.1, 0.15) is 24.5 Å². The Morgan fingerprint density at radius 3 is 2.50 bits per heavy atom. The summed E-state index contributed by atoms with van der Waals surface area (Å²) in [4.78, 5) is 2.33. The number of alkyl halides is 1. The molecule has 0 bridgehead atoms. The minimum Gasteiger partial charge on any atom is -0.387 e. The summed E-state index contributed by atoms with van der Waals surface area (Å²) in [6, 6.07) is 0. The first-order valence-corrected chi connectivity index (χ1v) is 3.92. The van der Waals surface area contributed by atoms with Gasteiger partial charge in [0, 0.05) is 4.91 Å². The Morgan fingerprint density at radius 2 is 2.07 bits per heavy atom. The lowest BCUT2D eigenvalue weighted by Crippen LogP contribution is -2.38. The van der Waals surface area contributed by atoms with Crippen molar-refractivity contribution in [3.8, 4) is 0 Å². The summed E-state index contributed by atoms with van der Waals surface area (Å²) in [5.41, 5.74) is 7.92. The van der Waals surface area contributed by atoms with E-state index in [9.17, 15) is 9.50 Å². The van der Waals surface area contributed by atoms with Crippen LogP contribution in [0, 0.1) is 0 Å². The fourth-order valence-corrected chi connectivity index (χ4v) is 1.20. The van der Waals surface area contributed by atoms with Gasteiger partial charge in [0.25, 0.3) is 0 Å². The average Bonchev–Trinajstić information content (AvgIpc) is 2.42. The number of azide groups is 1. The van der Waals surface area contributed by atoms with E-state index in [4.69, 9.17) is 15.7 Å². The van der Waals surface area contributed by atoms with Crippen molar-refractivity contribution >= 4 is 0 Å². The molecule has 0 saturated carbocycles. The molecule has 0 aliphatic carbocycles. The minimum absolute atomic E-state index is 0.516. The number of hydrogen-bond acceptors (Lipinski definition) is 5. The van der Waals surface area contributed by atoms with Crippen LogP contribution in [0.25, 0.3) is 10.4 Å². The van der Waals surface area contributed by atoms with E-state index in [-0.39, 0.29) is 0 Å². The molecule has 1 saturated heterocycles. The number of hydrogen-bond donors (Lipinski definition) is 3. The second kappa shape index (κ2) is 4.54. The zero-order valence-corrected chi connectivity index (χ0v) is 7.06. The first-order chi connectivity index (χ1) is 6.57. The van der Waals surface area contributed by atoms with E-state index in [2.05, 4.69) is 14.8 Å². The summed E-state index contributed by atoms with van der Waals surface area (Å²) < 4.78 is 17.7. The Bertz CT molecular complexity index is 247. The van der Waals surface area contributed by atoms with Crippen LogP contribution in [0.4, 0.5) is 4.39 Å². The van der Waals surface area contributed by atoms with E-state index in [0.717, 1.165) is 0 Å². The average molecular weight is 207 g/mol. The SMILES string of the molecule is [N-]=[N+]=NC[C@H](F)[C@H]1O[C@H](O)[C@H](O)[C@H]1O. The van der Waals surface area contributed by atoms with E-state index in [0.29, 0.717) is 0 Å². The van der Waals surface area contributed by atoms with Gasteiger partial charge >= 0.3 is 0 Å². The van der Waals surface area contributed by atoms with Crippen LogP contribution in [0.3, 0.4) is 0 Å². The topological polar surface area (TPSA) is 119 Å². The molecule has 1 fully saturated rings. The normalized spacial score (nSPS) is 39.1. The van der Waals surface area contributed by atoms with Crippen LogP contribution in [-0.2, 0) is 4.74 Å². The van der Waals surface area contributed by atoms with E-state index >= 15 is 0 Å². The van der Waals surface area contributed by atoms with E-state index in [1.54, 1.807) is 0 Å². The van der Waals surface area contributed by atoms with Gasteiger partial charge in [-0.2, -0.15) is 0 Å². The van der Waals surface area contributed by atoms with Crippen molar-refractivity contribution in [1.29, 1.82) is 0 Å². The number of aliphatic hydroxyl groups is 3. The highest BCUT2D eigenvalue weighted by Crippen LogP contribution is 2.23.